The van der Waals surface area contributed by atoms with Gasteiger partial charge in [0.2, 0.25) is 23.7 Å². The lowest BCUT2D eigenvalue weighted by Crippen LogP contribution is -2.25. The van der Waals surface area contributed by atoms with Gasteiger partial charge in [-0.3, -0.25) is 0 Å². The Morgan fingerprint density at radius 3 is 1.19 bits per heavy atom. The third-order valence-corrected chi connectivity index (χ3v) is 11.9. The summed E-state index contributed by atoms with van der Waals surface area (Å²) in [6, 6.07) is 6.64. The molecule has 344 valence electrons. The monoisotopic (exact) mass is 1020 g/mol. The van der Waals surface area contributed by atoms with Gasteiger partial charge in [-0.25, -0.2) is 9.97 Å². The molecule has 2 aromatic heterocycles. The molecule has 19 heteroatoms. The summed E-state index contributed by atoms with van der Waals surface area (Å²) < 4.78 is 31.5. The van der Waals surface area contributed by atoms with Gasteiger partial charge in [-0.1, -0.05) is 92.8 Å². The van der Waals surface area contributed by atoms with E-state index in [1.54, 1.807) is 24.3 Å². The number of nitrogens with zero attached hydrogens (tertiary/aromatic N) is 6. The topological polar surface area (TPSA) is 104 Å². The van der Waals surface area contributed by atoms with Gasteiger partial charge in [0.25, 0.3) is 0 Å². The second kappa shape index (κ2) is 25.7. The van der Waals surface area contributed by atoms with Gasteiger partial charge in [0.1, 0.15) is 45.9 Å². The molecule has 0 aliphatic carbocycles. The van der Waals surface area contributed by atoms with Crippen molar-refractivity contribution in [2.24, 2.45) is 0 Å². The van der Waals surface area contributed by atoms with Gasteiger partial charge in [0, 0.05) is 72.7 Å². The lowest BCUT2D eigenvalue weighted by molar-refractivity contribution is 0.0662. The Morgan fingerprint density at radius 1 is 0.556 bits per heavy atom. The third-order valence-electron chi connectivity index (χ3n) is 10.0. The number of aromatic nitrogens is 4. The fourth-order valence-corrected chi connectivity index (χ4v) is 7.96. The summed E-state index contributed by atoms with van der Waals surface area (Å²) in [5.74, 6) is 2.75. The maximum Gasteiger partial charge on any atom is 0.228 e. The van der Waals surface area contributed by atoms with Gasteiger partial charge in [-0.05, 0) is 91.8 Å². The normalized spacial score (nSPS) is 12.1. The lowest BCUT2D eigenvalue weighted by atomic mass is 10.1. The highest BCUT2D eigenvalue weighted by atomic mass is 35.5. The maximum absolute atomic E-state index is 6.94. The largest absolute Gasteiger partial charge is 0.489 e. The quantitative estimate of drug-likeness (QED) is 0.0627. The zero-order valence-corrected chi connectivity index (χ0v) is 42.5. The van der Waals surface area contributed by atoms with Crippen LogP contribution in [0, 0.1) is 27.7 Å². The molecule has 2 unspecified atom stereocenters. The molecule has 0 aliphatic rings. The van der Waals surface area contributed by atoms with Gasteiger partial charge >= 0.3 is 0 Å². The average molecular weight is 1030 g/mol. The number of halogens is 8. The van der Waals surface area contributed by atoms with Gasteiger partial charge in [-0.2, -0.15) is 9.97 Å². The van der Waals surface area contributed by atoms with Crippen molar-refractivity contribution in [3.8, 4) is 23.3 Å². The van der Waals surface area contributed by atoms with Crippen LogP contribution < -0.4 is 28.7 Å². The van der Waals surface area contributed by atoms with Crippen LogP contribution in [0.15, 0.2) is 45.4 Å². The van der Waals surface area contributed by atoms with Crippen molar-refractivity contribution in [1.82, 2.24) is 19.9 Å². The smallest absolute Gasteiger partial charge is 0.228 e. The van der Waals surface area contributed by atoms with E-state index in [-0.39, 0.29) is 35.4 Å². The summed E-state index contributed by atoms with van der Waals surface area (Å²) in [4.78, 5) is 23.2. The number of rotatable bonds is 24. The number of hydrogen-bond acceptors (Lipinski definition) is 11. The van der Waals surface area contributed by atoms with E-state index in [0.29, 0.717) is 105 Å². The Morgan fingerprint density at radius 2 is 0.889 bits per heavy atom. The van der Waals surface area contributed by atoms with Crippen LogP contribution in [0.2, 0.25) is 20.1 Å². The van der Waals surface area contributed by atoms with Crippen molar-refractivity contribution in [2.45, 2.75) is 80.4 Å². The van der Waals surface area contributed by atoms with E-state index < -0.39 is 12.2 Å². The van der Waals surface area contributed by atoms with Gasteiger partial charge in [0.15, 0.2) is 0 Å². The van der Waals surface area contributed by atoms with Crippen LogP contribution in [-0.4, -0.2) is 72.5 Å². The molecule has 0 aliphatic heterocycles. The van der Waals surface area contributed by atoms with Crippen LogP contribution in [0.5, 0.6) is 23.3 Å². The van der Waals surface area contributed by atoms with Crippen LogP contribution in [0.1, 0.15) is 86.4 Å². The first-order chi connectivity index (χ1) is 30.0. The number of ether oxygens (including phenoxy) is 5. The summed E-state index contributed by atoms with van der Waals surface area (Å²) >= 11 is 50.9. The van der Waals surface area contributed by atoms with Crippen molar-refractivity contribution in [3.63, 3.8) is 0 Å². The highest BCUT2D eigenvalue weighted by Gasteiger charge is 2.27. The minimum absolute atomic E-state index is 0.0786. The van der Waals surface area contributed by atoms with E-state index in [1.807, 2.05) is 65.2 Å². The highest BCUT2D eigenvalue weighted by molar-refractivity contribution is 6.56. The van der Waals surface area contributed by atoms with Gasteiger partial charge < -0.3 is 33.5 Å². The Balaban J connectivity index is 1.66. The second-order valence-electron chi connectivity index (χ2n) is 14.0. The molecule has 0 spiro atoms. The van der Waals surface area contributed by atoms with E-state index in [2.05, 4.69) is 0 Å². The number of anilines is 2. The Labute approximate surface area is 410 Å². The first-order valence-corrected chi connectivity index (χ1v) is 23.4. The predicted molar refractivity (Wildman–Crippen MR) is 260 cm³/mol. The summed E-state index contributed by atoms with van der Waals surface area (Å²) in [5.41, 5.74) is 4.17. The molecule has 63 heavy (non-hydrogen) atoms. The summed E-state index contributed by atoms with van der Waals surface area (Å²) in [5, 5.41) is 1.29. The minimum Gasteiger partial charge on any atom is -0.489 e. The molecule has 2 aromatic carbocycles. The minimum atomic E-state index is -0.703. The molecule has 0 N–H and O–H groups in total. The molecule has 0 saturated carbocycles. The molecular formula is C44H52Cl8N6O5. The first-order valence-electron chi connectivity index (χ1n) is 20.4. The summed E-state index contributed by atoms with van der Waals surface area (Å²) in [6.07, 6.45) is 2.26. The van der Waals surface area contributed by atoms with Crippen molar-refractivity contribution in [2.75, 3.05) is 62.4 Å². The molecule has 0 saturated heterocycles. The van der Waals surface area contributed by atoms with Crippen LogP contribution in [-0.2, 0) is 4.74 Å². The number of benzene rings is 2. The molecule has 4 aromatic rings. The molecule has 0 radical (unpaired) electrons. The molecule has 0 bridgehead atoms. The van der Waals surface area contributed by atoms with Crippen molar-refractivity contribution >= 4 is 105 Å². The van der Waals surface area contributed by atoms with E-state index in [9.17, 15) is 0 Å². The SMILES string of the molecule is CCN(CC)c1nc(C)c(C)c(OC(CCOCCC(Oc2nc(N(CC)CC)nc(C)c2C)c2c(Cl)cc(OCC=C(Cl)Cl)cc2Cl)c2c(Cl)cc(OCC=C(Cl)Cl)cc2Cl)n1. The second-order valence-corrected chi connectivity index (χ2v) is 17.7. The highest BCUT2D eigenvalue weighted by Crippen LogP contribution is 2.41. The lowest BCUT2D eigenvalue weighted by Gasteiger charge is -2.26. The molecule has 4 rings (SSSR count). The average Bonchev–Trinajstić information content (AvgIpc) is 3.21. The van der Waals surface area contributed by atoms with Crippen molar-refractivity contribution < 1.29 is 23.7 Å². The maximum atomic E-state index is 6.94. The first kappa shape index (κ1) is 52.8. The summed E-state index contributed by atoms with van der Waals surface area (Å²) in [7, 11) is 0. The van der Waals surface area contributed by atoms with E-state index >= 15 is 0 Å². The van der Waals surface area contributed by atoms with Crippen LogP contribution >= 0.6 is 92.8 Å². The molecule has 0 fully saturated rings. The van der Waals surface area contributed by atoms with Crippen molar-refractivity contribution in [1.29, 1.82) is 0 Å². The van der Waals surface area contributed by atoms with Crippen molar-refractivity contribution in [3.05, 3.63) is 99.1 Å². The predicted octanol–water partition coefficient (Wildman–Crippen LogP) is 13.9. The molecule has 11 nitrogen and oxygen atoms in total. The molecular weight excluding hydrogens is 976 g/mol. The third kappa shape index (κ3) is 15.1. The zero-order valence-electron chi connectivity index (χ0n) is 36.4. The Hall–Kier alpha value is -2.84. The number of aryl methyl sites for hydroxylation is 2. The van der Waals surface area contributed by atoms with Gasteiger partial charge in [0.05, 0.1) is 33.3 Å². The summed E-state index contributed by atoms with van der Waals surface area (Å²) in [6.45, 7) is 19.4. The fraction of sp³-hybridized carbons (Fsp3) is 0.455. The molecule has 2 heterocycles. The van der Waals surface area contributed by atoms with Gasteiger partial charge in [-0.15, -0.1) is 0 Å². The van der Waals surface area contributed by atoms with Crippen LogP contribution in [0.4, 0.5) is 11.9 Å². The molecule has 2 atom stereocenters. The van der Waals surface area contributed by atoms with E-state index in [1.165, 1.54) is 12.2 Å². The number of hydrogen-bond donors (Lipinski definition) is 0. The fourth-order valence-electron chi connectivity index (χ4n) is 6.28. The van der Waals surface area contributed by atoms with Crippen LogP contribution in [0.3, 0.4) is 0 Å². The van der Waals surface area contributed by atoms with E-state index in [0.717, 1.165) is 22.5 Å². The Bertz CT molecular complexity index is 2020. The zero-order chi connectivity index (χ0) is 46.4. The standard InChI is InChI=1S/C44H52Cl8N6O5/c1-9-57(10-2)43-53-27(7)25(5)41(55-43)62-35(39-31(45)21-29(22-32(39)46)60-19-15-37(49)50)13-17-59-18-14-36(40-33(47)23-30(24-34(40)48)61-20-16-38(51)52)63-42-26(6)28(8)54-44(56-42)58(11-3)12-4/h15-16,21-24,35-36H,9-14,17-20H2,1-8H3. The van der Waals surface area contributed by atoms with E-state index in [4.69, 9.17) is 136 Å². The van der Waals surface area contributed by atoms with Crippen LogP contribution in [0.25, 0.3) is 0 Å². The Kier molecular flexibility index (Phi) is 21.6. The molecule has 0 amide bonds.